The van der Waals surface area contributed by atoms with Crippen molar-refractivity contribution in [2.75, 3.05) is 33.4 Å². The molecule has 4 heteroatoms. The van der Waals surface area contributed by atoms with Crippen molar-refractivity contribution in [3.8, 4) is 5.75 Å². The fourth-order valence-electron chi connectivity index (χ4n) is 1.70. The molecule has 1 aromatic rings. The second-order valence-corrected chi connectivity index (χ2v) is 4.43. The van der Waals surface area contributed by atoms with Gasteiger partial charge >= 0.3 is 0 Å². The zero-order chi connectivity index (χ0) is 13.2. The van der Waals surface area contributed by atoms with Crippen LogP contribution in [0.2, 0.25) is 0 Å². The van der Waals surface area contributed by atoms with Crippen LogP contribution in [-0.4, -0.2) is 43.4 Å². The third-order valence-electron chi connectivity index (χ3n) is 2.81. The van der Waals surface area contributed by atoms with Gasteiger partial charge in [0.05, 0.1) is 6.61 Å². The van der Waals surface area contributed by atoms with E-state index in [2.05, 4.69) is 11.9 Å². The van der Waals surface area contributed by atoms with Gasteiger partial charge in [0.1, 0.15) is 5.75 Å². The molecule has 0 aliphatic carbocycles. The molecular weight excluding hydrogens is 228 g/mol. The fourth-order valence-corrected chi connectivity index (χ4v) is 1.70. The molecule has 102 valence electrons. The maximum absolute atomic E-state index is 8.72. The Bertz CT molecular complexity index is 314. The first kappa shape index (κ1) is 15.0. The second-order valence-electron chi connectivity index (χ2n) is 4.43. The molecule has 4 nitrogen and oxygen atoms in total. The highest BCUT2D eigenvalue weighted by molar-refractivity contribution is 5.26. The zero-order valence-electron chi connectivity index (χ0n) is 11.1. The number of nitrogens with zero attached hydrogens (tertiary/aromatic N) is 1. The van der Waals surface area contributed by atoms with Crippen molar-refractivity contribution < 1.29 is 9.84 Å². The molecule has 0 atom stereocenters. The van der Waals surface area contributed by atoms with Crippen LogP contribution in [0.3, 0.4) is 0 Å². The number of aliphatic hydroxyl groups is 1. The summed E-state index contributed by atoms with van der Waals surface area (Å²) in [7, 11) is 2.06. The Morgan fingerprint density at radius 3 is 2.44 bits per heavy atom. The van der Waals surface area contributed by atoms with E-state index in [1.165, 1.54) is 0 Å². The topological polar surface area (TPSA) is 58.7 Å². The van der Waals surface area contributed by atoms with E-state index in [1.807, 2.05) is 24.3 Å². The number of hydrogen-bond donors (Lipinski definition) is 2. The highest BCUT2D eigenvalue weighted by Crippen LogP contribution is 2.11. The van der Waals surface area contributed by atoms with Crippen molar-refractivity contribution in [2.45, 2.75) is 19.4 Å². The molecule has 0 heterocycles. The van der Waals surface area contributed by atoms with Gasteiger partial charge in [0.2, 0.25) is 0 Å². The number of nitrogens with two attached hydrogens (primary N) is 1. The third kappa shape index (κ3) is 6.00. The normalized spacial score (nSPS) is 10.9. The van der Waals surface area contributed by atoms with Crippen LogP contribution in [0.25, 0.3) is 0 Å². The van der Waals surface area contributed by atoms with E-state index in [0.717, 1.165) is 37.2 Å². The SMILES string of the molecule is CN(CCCO)CCCOc1ccc(CN)cc1. The van der Waals surface area contributed by atoms with Gasteiger partial charge in [0.25, 0.3) is 0 Å². The van der Waals surface area contributed by atoms with Crippen LogP contribution in [0, 0.1) is 0 Å². The highest BCUT2D eigenvalue weighted by Gasteiger charge is 1.98. The Morgan fingerprint density at radius 2 is 1.83 bits per heavy atom. The predicted octanol–water partition coefficient (Wildman–Crippen LogP) is 1.23. The van der Waals surface area contributed by atoms with Crippen LogP contribution in [0.5, 0.6) is 5.75 Å². The molecule has 0 aliphatic heterocycles. The van der Waals surface area contributed by atoms with E-state index in [1.54, 1.807) is 0 Å². The summed E-state index contributed by atoms with van der Waals surface area (Å²) in [5.74, 6) is 0.894. The quantitative estimate of drug-likeness (QED) is 0.649. The Balaban J connectivity index is 2.13. The molecular formula is C14H24N2O2. The first-order valence-electron chi connectivity index (χ1n) is 6.47. The molecule has 0 aliphatic rings. The smallest absolute Gasteiger partial charge is 0.119 e. The fraction of sp³-hybridized carbons (Fsp3) is 0.571. The van der Waals surface area contributed by atoms with E-state index in [0.29, 0.717) is 13.2 Å². The van der Waals surface area contributed by atoms with Gasteiger partial charge in [-0.05, 0) is 37.6 Å². The third-order valence-corrected chi connectivity index (χ3v) is 2.81. The molecule has 3 N–H and O–H groups in total. The number of hydrogen-bond acceptors (Lipinski definition) is 4. The van der Waals surface area contributed by atoms with Gasteiger partial charge in [-0.1, -0.05) is 12.1 Å². The van der Waals surface area contributed by atoms with E-state index in [9.17, 15) is 0 Å². The minimum Gasteiger partial charge on any atom is -0.494 e. The summed E-state index contributed by atoms with van der Waals surface area (Å²) < 4.78 is 5.64. The van der Waals surface area contributed by atoms with Gasteiger partial charge in [-0.3, -0.25) is 0 Å². The molecule has 0 fully saturated rings. The second kappa shape index (κ2) is 8.91. The van der Waals surface area contributed by atoms with Gasteiger partial charge in [-0.25, -0.2) is 0 Å². The minimum absolute atomic E-state index is 0.258. The Labute approximate surface area is 109 Å². The molecule has 0 radical (unpaired) electrons. The Morgan fingerprint density at radius 1 is 1.17 bits per heavy atom. The van der Waals surface area contributed by atoms with Crippen LogP contribution in [0.15, 0.2) is 24.3 Å². The molecule has 1 rings (SSSR count). The first-order chi connectivity index (χ1) is 8.76. The summed E-state index contributed by atoms with van der Waals surface area (Å²) in [4.78, 5) is 2.21. The maximum atomic E-state index is 8.72. The molecule has 0 aromatic heterocycles. The monoisotopic (exact) mass is 252 g/mol. The maximum Gasteiger partial charge on any atom is 0.119 e. The number of rotatable bonds is 9. The summed E-state index contributed by atoms with van der Waals surface area (Å²) in [6.45, 7) is 3.46. The van der Waals surface area contributed by atoms with Crippen molar-refractivity contribution in [2.24, 2.45) is 5.73 Å². The summed E-state index contributed by atoms with van der Waals surface area (Å²) in [5, 5.41) is 8.72. The summed E-state index contributed by atoms with van der Waals surface area (Å²) in [6, 6.07) is 7.89. The largest absolute Gasteiger partial charge is 0.494 e. The molecule has 0 bridgehead atoms. The Kier molecular flexibility index (Phi) is 7.41. The highest BCUT2D eigenvalue weighted by atomic mass is 16.5. The summed E-state index contributed by atoms with van der Waals surface area (Å²) in [6.07, 6.45) is 1.82. The molecule has 0 saturated heterocycles. The average Bonchev–Trinajstić information content (AvgIpc) is 2.42. The van der Waals surface area contributed by atoms with Crippen molar-refractivity contribution in [1.82, 2.24) is 4.90 Å². The lowest BCUT2D eigenvalue weighted by Gasteiger charge is -2.15. The van der Waals surface area contributed by atoms with Crippen molar-refractivity contribution in [3.63, 3.8) is 0 Å². The molecule has 1 aromatic carbocycles. The van der Waals surface area contributed by atoms with E-state index in [4.69, 9.17) is 15.6 Å². The van der Waals surface area contributed by atoms with Crippen LogP contribution < -0.4 is 10.5 Å². The van der Waals surface area contributed by atoms with Gasteiger partial charge in [-0.2, -0.15) is 0 Å². The van der Waals surface area contributed by atoms with Gasteiger partial charge in [0.15, 0.2) is 0 Å². The van der Waals surface area contributed by atoms with E-state index >= 15 is 0 Å². The molecule has 0 spiro atoms. The predicted molar refractivity (Wildman–Crippen MR) is 73.6 cm³/mol. The van der Waals surface area contributed by atoms with Gasteiger partial charge in [-0.15, -0.1) is 0 Å². The lowest BCUT2D eigenvalue weighted by atomic mass is 10.2. The van der Waals surface area contributed by atoms with Gasteiger partial charge in [0, 0.05) is 26.2 Å². The number of aliphatic hydroxyl groups excluding tert-OH is 1. The van der Waals surface area contributed by atoms with Crippen LogP contribution in [0.4, 0.5) is 0 Å². The van der Waals surface area contributed by atoms with E-state index < -0.39 is 0 Å². The molecule has 0 unspecified atom stereocenters. The lowest BCUT2D eigenvalue weighted by molar-refractivity contribution is 0.231. The Hall–Kier alpha value is -1.10. The first-order valence-corrected chi connectivity index (χ1v) is 6.47. The number of benzene rings is 1. The van der Waals surface area contributed by atoms with Crippen molar-refractivity contribution >= 4 is 0 Å². The van der Waals surface area contributed by atoms with Gasteiger partial charge < -0.3 is 20.5 Å². The number of ether oxygens (including phenoxy) is 1. The van der Waals surface area contributed by atoms with Crippen molar-refractivity contribution in [1.29, 1.82) is 0 Å². The minimum atomic E-state index is 0.258. The van der Waals surface area contributed by atoms with Crippen molar-refractivity contribution in [3.05, 3.63) is 29.8 Å². The van der Waals surface area contributed by atoms with Crippen LogP contribution >= 0.6 is 0 Å². The van der Waals surface area contributed by atoms with Crippen LogP contribution in [-0.2, 0) is 6.54 Å². The summed E-state index contributed by atoms with van der Waals surface area (Å²) >= 11 is 0. The molecule has 0 saturated carbocycles. The standard InChI is InChI=1S/C14H24N2O2/c1-16(8-2-10-17)9-3-11-18-14-6-4-13(12-15)5-7-14/h4-7,17H,2-3,8-12,15H2,1H3. The zero-order valence-corrected chi connectivity index (χ0v) is 11.1. The summed E-state index contributed by atoms with van der Waals surface area (Å²) in [5.41, 5.74) is 6.65. The molecule has 0 amide bonds. The molecule has 18 heavy (non-hydrogen) atoms. The lowest BCUT2D eigenvalue weighted by Crippen LogP contribution is -2.23. The van der Waals surface area contributed by atoms with Crippen LogP contribution in [0.1, 0.15) is 18.4 Å². The average molecular weight is 252 g/mol. The van der Waals surface area contributed by atoms with E-state index in [-0.39, 0.29) is 6.61 Å².